The Kier molecular flexibility index (Phi) is 4.25. The molecule has 2 N–H and O–H groups in total. The van der Waals surface area contributed by atoms with Crippen molar-refractivity contribution in [1.82, 2.24) is 0 Å². The van der Waals surface area contributed by atoms with Gasteiger partial charge in [0.2, 0.25) is 0 Å². The lowest BCUT2D eigenvalue weighted by atomic mass is 10.1. The van der Waals surface area contributed by atoms with Gasteiger partial charge in [0, 0.05) is 18.3 Å². The molecule has 2 rings (SSSR count). The molecule has 0 fully saturated rings. The zero-order valence-corrected chi connectivity index (χ0v) is 11.3. The monoisotopic (exact) mass is 271 g/mol. The lowest BCUT2D eigenvalue weighted by Gasteiger charge is -2.22. The summed E-state index contributed by atoms with van der Waals surface area (Å²) in [5.74, 6) is -0.566. The predicted octanol–water partition coefficient (Wildman–Crippen LogP) is 3.15. The van der Waals surface area contributed by atoms with Gasteiger partial charge in [-0.1, -0.05) is 25.1 Å². The average Bonchev–Trinajstić information content (AvgIpc) is 2.45. The Morgan fingerprint density at radius 3 is 2.40 bits per heavy atom. The molecule has 0 saturated carbocycles. The fourth-order valence-electron chi connectivity index (χ4n) is 2.03. The fourth-order valence-corrected chi connectivity index (χ4v) is 2.03. The molecular formula is C16H17NO3. The first-order valence-corrected chi connectivity index (χ1v) is 6.52. The van der Waals surface area contributed by atoms with Gasteiger partial charge in [-0.25, -0.2) is 0 Å². The molecule has 1 amide bonds. The summed E-state index contributed by atoms with van der Waals surface area (Å²) in [7, 11) is 0. The van der Waals surface area contributed by atoms with E-state index in [4.69, 9.17) is 0 Å². The molecule has 104 valence electrons. The van der Waals surface area contributed by atoms with Crippen molar-refractivity contribution in [3.8, 4) is 11.5 Å². The molecule has 0 spiro atoms. The van der Waals surface area contributed by atoms with Crippen molar-refractivity contribution >= 4 is 11.6 Å². The third-order valence-electron chi connectivity index (χ3n) is 2.97. The minimum absolute atomic E-state index is 0.0687. The first kappa shape index (κ1) is 13.9. The zero-order chi connectivity index (χ0) is 14.5. The van der Waals surface area contributed by atoms with E-state index in [0.717, 1.165) is 12.1 Å². The number of para-hydroxylation sites is 1. The number of carbonyl (C=O) groups is 1. The number of benzene rings is 2. The second kappa shape index (κ2) is 6.10. The summed E-state index contributed by atoms with van der Waals surface area (Å²) >= 11 is 0. The molecule has 0 atom stereocenters. The summed E-state index contributed by atoms with van der Waals surface area (Å²) in [5, 5.41) is 19.1. The first-order valence-electron chi connectivity index (χ1n) is 6.52. The fraction of sp³-hybridized carbons (Fsp3) is 0.188. The van der Waals surface area contributed by atoms with Crippen LogP contribution in [0.3, 0.4) is 0 Å². The van der Waals surface area contributed by atoms with Crippen molar-refractivity contribution in [1.29, 1.82) is 0 Å². The number of nitrogens with zero attached hydrogens (tertiary/aromatic N) is 1. The molecule has 0 aromatic heterocycles. The topological polar surface area (TPSA) is 60.8 Å². The smallest absolute Gasteiger partial charge is 0.262 e. The van der Waals surface area contributed by atoms with E-state index in [9.17, 15) is 15.0 Å². The van der Waals surface area contributed by atoms with Crippen molar-refractivity contribution in [2.45, 2.75) is 13.3 Å². The highest BCUT2D eigenvalue weighted by molar-refractivity contribution is 6.07. The molecular weight excluding hydrogens is 254 g/mol. The highest BCUT2D eigenvalue weighted by Gasteiger charge is 2.19. The van der Waals surface area contributed by atoms with Crippen molar-refractivity contribution in [2.75, 3.05) is 11.4 Å². The Labute approximate surface area is 117 Å². The summed E-state index contributed by atoms with van der Waals surface area (Å²) in [6, 6.07) is 13.3. The maximum Gasteiger partial charge on any atom is 0.262 e. The molecule has 4 nitrogen and oxygen atoms in total. The SMILES string of the molecule is CCCN(C(=O)c1ccc(O)cc1O)c1ccccc1. The molecule has 0 aliphatic heterocycles. The summed E-state index contributed by atoms with van der Waals surface area (Å²) in [6.07, 6.45) is 0.805. The van der Waals surface area contributed by atoms with E-state index >= 15 is 0 Å². The number of hydrogen-bond donors (Lipinski definition) is 2. The molecule has 4 heteroatoms. The lowest BCUT2D eigenvalue weighted by Crippen LogP contribution is -2.31. The minimum atomic E-state index is -0.282. The lowest BCUT2D eigenvalue weighted by molar-refractivity contribution is 0.0984. The van der Waals surface area contributed by atoms with Crippen molar-refractivity contribution in [3.05, 3.63) is 54.1 Å². The number of aromatic hydroxyl groups is 2. The van der Waals surface area contributed by atoms with E-state index < -0.39 is 0 Å². The van der Waals surface area contributed by atoms with Crippen LogP contribution in [0.2, 0.25) is 0 Å². The quantitative estimate of drug-likeness (QED) is 0.898. The van der Waals surface area contributed by atoms with Crippen LogP contribution in [0.1, 0.15) is 23.7 Å². The van der Waals surface area contributed by atoms with E-state index in [2.05, 4.69) is 0 Å². The summed E-state index contributed by atoms with van der Waals surface area (Å²) in [4.78, 5) is 14.2. The highest BCUT2D eigenvalue weighted by atomic mass is 16.3. The third-order valence-corrected chi connectivity index (χ3v) is 2.97. The largest absolute Gasteiger partial charge is 0.508 e. The van der Waals surface area contributed by atoms with Gasteiger partial charge in [-0.05, 0) is 30.7 Å². The van der Waals surface area contributed by atoms with Gasteiger partial charge in [-0.15, -0.1) is 0 Å². The molecule has 0 unspecified atom stereocenters. The number of anilines is 1. The number of hydrogen-bond acceptors (Lipinski definition) is 3. The normalized spacial score (nSPS) is 10.2. The van der Waals surface area contributed by atoms with Crippen LogP contribution in [0.25, 0.3) is 0 Å². The summed E-state index contributed by atoms with van der Waals surface area (Å²) < 4.78 is 0. The molecule has 2 aromatic carbocycles. The van der Waals surface area contributed by atoms with E-state index in [1.54, 1.807) is 4.90 Å². The molecule has 20 heavy (non-hydrogen) atoms. The minimum Gasteiger partial charge on any atom is -0.508 e. The van der Waals surface area contributed by atoms with Crippen LogP contribution in [0.4, 0.5) is 5.69 Å². The predicted molar refractivity (Wildman–Crippen MR) is 78.2 cm³/mol. The molecule has 0 heterocycles. The highest BCUT2D eigenvalue weighted by Crippen LogP contribution is 2.26. The van der Waals surface area contributed by atoms with E-state index in [1.807, 2.05) is 37.3 Å². The molecule has 0 bridgehead atoms. The zero-order valence-electron chi connectivity index (χ0n) is 11.3. The standard InChI is InChI=1S/C16H17NO3/c1-2-10-17(12-6-4-3-5-7-12)16(20)14-9-8-13(18)11-15(14)19/h3-9,11,18-19H,2,10H2,1H3. The van der Waals surface area contributed by atoms with Gasteiger partial charge in [0.15, 0.2) is 0 Å². The van der Waals surface area contributed by atoms with Crippen molar-refractivity contribution in [3.63, 3.8) is 0 Å². The van der Waals surface area contributed by atoms with Crippen LogP contribution >= 0.6 is 0 Å². The van der Waals surface area contributed by atoms with Crippen molar-refractivity contribution in [2.24, 2.45) is 0 Å². The Morgan fingerprint density at radius 2 is 1.80 bits per heavy atom. The summed E-state index contributed by atoms with van der Waals surface area (Å²) in [6.45, 7) is 2.54. The number of phenolic OH excluding ortho intramolecular Hbond substituents is 2. The second-order valence-electron chi connectivity index (χ2n) is 4.49. The van der Waals surface area contributed by atoms with E-state index in [-0.39, 0.29) is 23.0 Å². The molecule has 0 aliphatic carbocycles. The first-order chi connectivity index (χ1) is 9.63. The van der Waals surface area contributed by atoms with Gasteiger partial charge < -0.3 is 15.1 Å². The molecule has 0 saturated heterocycles. The molecule has 0 aliphatic rings. The average molecular weight is 271 g/mol. The third kappa shape index (κ3) is 2.91. The number of amides is 1. The van der Waals surface area contributed by atoms with Crippen LogP contribution in [0, 0.1) is 0 Å². The van der Waals surface area contributed by atoms with Gasteiger partial charge in [0.05, 0.1) is 5.56 Å². The number of carbonyl (C=O) groups excluding carboxylic acids is 1. The van der Waals surface area contributed by atoms with Gasteiger partial charge in [0.25, 0.3) is 5.91 Å². The van der Waals surface area contributed by atoms with Crippen LogP contribution < -0.4 is 4.90 Å². The van der Waals surface area contributed by atoms with Gasteiger partial charge in [0.1, 0.15) is 11.5 Å². The Hall–Kier alpha value is -2.49. The van der Waals surface area contributed by atoms with Gasteiger partial charge in [-0.2, -0.15) is 0 Å². The van der Waals surface area contributed by atoms with Gasteiger partial charge >= 0.3 is 0 Å². The van der Waals surface area contributed by atoms with Crippen LogP contribution in [0.15, 0.2) is 48.5 Å². The Morgan fingerprint density at radius 1 is 1.10 bits per heavy atom. The summed E-state index contributed by atoms with van der Waals surface area (Å²) in [5.41, 5.74) is 0.965. The Balaban J connectivity index is 2.37. The van der Waals surface area contributed by atoms with Crippen LogP contribution in [-0.2, 0) is 0 Å². The maximum absolute atomic E-state index is 12.6. The second-order valence-corrected chi connectivity index (χ2v) is 4.49. The van der Waals surface area contributed by atoms with E-state index in [0.29, 0.717) is 6.54 Å². The number of phenols is 2. The van der Waals surface area contributed by atoms with Crippen molar-refractivity contribution < 1.29 is 15.0 Å². The Bertz CT molecular complexity index is 596. The van der Waals surface area contributed by atoms with Crippen LogP contribution in [-0.4, -0.2) is 22.7 Å². The van der Waals surface area contributed by atoms with E-state index in [1.165, 1.54) is 18.2 Å². The number of rotatable bonds is 4. The van der Waals surface area contributed by atoms with Crippen LogP contribution in [0.5, 0.6) is 11.5 Å². The van der Waals surface area contributed by atoms with Gasteiger partial charge in [-0.3, -0.25) is 4.79 Å². The maximum atomic E-state index is 12.6. The molecule has 2 aromatic rings. The molecule has 0 radical (unpaired) electrons.